The lowest BCUT2D eigenvalue weighted by Crippen LogP contribution is -2.41. The zero-order valence-electron chi connectivity index (χ0n) is 19.3. The van der Waals surface area contributed by atoms with Crippen LogP contribution in [0.1, 0.15) is 43.2 Å². The third-order valence-electron chi connectivity index (χ3n) is 6.27. The number of phenols is 1. The minimum atomic E-state index is 0. The minimum Gasteiger partial charge on any atom is -0.508 e. The quantitative estimate of drug-likeness (QED) is 0.301. The zero-order chi connectivity index (χ0) is 22.5. The van der Waals surface area contributed by atoms with E-state index in [2.05, 4.69) is 41.4 Å². The van der Waals surface area contributed by atoms with Crippen molar-refractivity contribution in [2.75, 3.05) is 38.2 Å². The summed E-state index contributed by atoms with van der Waals surface area (Å²) < 4.78 is 5.29. The second-order valence-electron chi connectivity index (χ2n) is 8.30. The SMILES string of the molecule is CCNC(=NCc1cc(OC)ccc1O)N1CC(CCN2CCCC2=O)c2ccccc21.I. The molecule has 0 aliphatic carbocycles. The second kappa shape index (κ2) is 11.6. The molecule has 0 aromatic heterocycles. The number of nitrogens with zero attached hydrogens (tertiary/aromatic N) is 3. The van der Waals surface area contributed by atoms with Crippen LogP contribution in [0.5, 0.6) is 11.5 Å². The van der Waals surface area contributed by atoms with E-state index in [0.717, 1.165) is 56.2 Å². The highest BCUT2D eigenvalue weighted by Gasteiger charge is 2.32. The van der Waals surface area contributed by atoms with E-state index in [1.54, 1.807) is 19.2 Å². The van der Waals surface area contributed by atoms with Gasteiger partial charge in [0.2, 0.25) is 5.91 Å². The van der Waals surface area contributed by atoms with Crippen molar-refractivity contribution < 1.29 is 14.6 Å². The molecule has 8 heteroatoms. The lowest BCUT2D eigenvalue weighted by Gasteiger charge is -2.23. The van der Waals surface area contributed by atoms with Crippen LogP contribution in [0.25, 0.3) is 0 Å². The Bertz CT molecular complexity index is 997. The second-order valence-corrected chi connectivity index (χ2v) is 8.30. The van der Waals surface area contributed by atoms with Crippen molar-refractivity contribution >= 4 is 41.5 Å². The number of rotatable bonds is 7. The Morgan fingerprint density at radius 3 is 2.82 bits per heavy atom. The van der Waals surface area contributed by atoms with E-state index in [9.17, 15) is 9.90 Å². The number of anilines is 1. The summed E-state index contributed by atoms with van der Waals surface area (Å²) in [7, 11) is 1.61. The average Bonchev–Trinajstić information content (AvgIpc) is 3.39. The van der Waals surface area contributed by atoms with Gasteiger partial charge in [0, 0.05) is 49.8 Å². The van der Waals surface area contributed by atoms with Crippen molar-refractivity contribution in [3.63, 3.8) is 0 Å². The van der Waals surface area contributed by atoms with E-state index in [4.69, 9.17) is 9.73 Å². The van der Waals surface area contributed by atoms with Crippen LogP contribution in [-0.2, 0) is 11.3 Å². The number of aromatic hydroxyl groups is 1. The van der Waals surface area contributed by atoms with Crippen LogP contribution in [0.4, 0.5) is 5.69 Å². The normalized spacial score (nSPS) is 17.7. The summed E-state index contributed by atoms with van der Waals surface area (Å²) in [6.07, 6.45) is 2.59. The molecule has 2 aromatic rings. The molecule has 2 aliphatic rings. The summed E-state index contributed by atoms with van der Waals surface area (Å²) >= 11 is 0. The molecule has 1 amide bonds. The highest BCUT2D eigenvalue weighted by molar-refractivity contribution is 14.0. The first-order valence-corrected chi connectivity index (χ1v) is 11.4. The van der Waals surface area contributed by atoms with Crippen molar-refractivity contribution in [3.8, 4) is 11.5 Å². The zero-order valence-corrected chi connectivity index (χ0v) is 21.6. The molecule has 1 atom stereocenters. The molecule has 1 fully saturated rings. The number of carbonyl (C=O) groups is 1. The van der Waals surface area contributed by atoms with Gasteiger partial charge >= 0.3 is 0 Å². The number of hydrogen-bond acceptors (Lipinski definition) is 4. The predicted molar refractivity (Wildman–Crippen MR) is 142 cm³/mol. The number of ether oxygens (including phenoxy) is 1. The lowest BCUT2D eigenvalue weighted by molar-refractivity contribution is -0.127. The van der Waals surface area contributed by atoms with Crippen LogP contribution >= 0.6 is 24.0 Å². The van der Waals surface area contributed by atoms with Crippen LogP contribution in [0.15, 0.2) is 47.5 Å². The molecule has 2 heterocycles. The molecule has 0 saturated carbocycles. The topological polar surface area (TPSA) is 77.4 Å². The van der Waals surface area contributed by atoms with Crippen molar-refractivity contribution in [2.45, 2.75) is 38.6 Å². The Balaban J connectivity index is 0.00000306. The number of para-hydroxylation sites is 1. The molecular weight excluding hydrogens is 531 g/mol. The maximum atomic E-state index is 12.0. The molecule has 2 aliphatic heterocycles. The van der Waals surface area contributed by atoms with E-state index >= 15 is 0 Å². The molecule has 0 bridgehead atoms. The monoisotopic (exact) mass is 564 g/mol. The van der Waals surface area contributed by atoms with E-state index in [1.165, 1.54) is 5.56 Å². The molecule has 7 nitrogen and oxygen atoms in total. The summed E-state index contributed by atoms with van der Waals surface area (Å²) in [5.74, 6) is 2.32. The van der Waals surface area contributed by atoms with Gasteiger partial charge in [-0.15, -0.1) is 24.0 Å². The Morgan fingerprint density at radius 2 is 2.09 bits per heavy atom. The third kappa shape index (κ3) is 5.72. The van der Waals surface area contributed by atoms with Crippen LogP contribution in [0.2, 0.25) is 0 Å². The Labute approximate surface area is 212 Å². The Kier molecular flexibility index (Phi) is 8.82. The van der Waals surface area contributed by atoms with Crippen LogP contribution in [0, 0.1) is 0 Å². The molecule has 33 heavy (non-hydrogen) atoms. The van der Waals surface area contributed by atoms with Gasteiger partial charge < -0.3 is 25.0 Å². The average molecular weight is 564 g/mol. The lowest BCUT2D eigenvalue weighted by atomic mass is 9.98. The number of halogens is 1. The number of likely N-dealkylation sites (tertiary alicyclic amines) is 1. The summed E-state index contributed by atoms with van der Waals surface area (Å²) in [4.78, 5) is 21.1. The number of hydrogen-bond donors (Lipinski definition) is 2. The molecule has 2 N–H and O–H groups in total. The summed E-state index contributed by atoms with van der Waals surface area (Å²) in [5, 5.41) is 13.6. The summed E-state index contributed by atoms with van der Waals surface area (Å²) in [6, 6.07) is 13.6. The molecule has 2 aromatic carbocycles. The molecule has 1 unspecified atom stereocenters. The van der Waals surface area contributed by atoms with Gasteiger partial charge in [0.1, 0.15) is 11.5 Å². The molecule has 1 saturated heterocycles. The minimum absolute atomic E-state index is 0. The number of aliphatic imine (C=N–C) groups is 1. The summed E-state index contributed by atoms with van der Waals surface area (Å²) in [5.41, 5.74) is 3.17. The molecule has 0 radical (unpaired) electrons. The van der Waals surface area contributed by atoms with Crippen molar-refractivity contribution in [1.29, 1.82) is 0 Å². The number of nitrogens with one attached hydrogen (secondary N) is 1. The van der Waals surface area contributed by atoms with Crippen LogP contribution in [0.3, 0.4) is 0 Å². The Morgan fingerprint density at radius 1 is 1.27 bits per heavy atom. The van der Waals surface area contributed by atoms with Crippen LogP contribution in [-0.4, -0.2) is 55.2 Å². The fourth-order valence-corrected chi connectivity index (χ4v) is 4.57. The van der Waals surface area contributed by atoms with Gasteiger partial charge in [-0.3, -0.25) is 4.79 Å². The first kappa shape index (κ1) is 25.1. The van der Waals surface area contributed by atoms with Gasteiger partial charge in [-0.25, -0.2) is 4.99 Å². The highest BCUT2D eigenvalue weighted by atomic mass is 127. The number of methoxy groups -OCH3 is 1. The molecule has 4 rings (SSSR count). The van der Waals surface area contributed by atoms with Gasteiger partial charge in [-0.05, 0) is 49.6 Å². The number of phenolic OH excluding ortho intramolecular Hbond substituents is 1. The van der Waals surface area contributed by atoms with E-state index in [-0.39, 0.29) is 35.6 Å². The van der Waals surface area contributed by atoms with Gasteiger partial charge in [0.25, 0.3) is 0 Å². The molecule has 178 valence electrons. The Hall–Kier alpha value is -2.49. The number of carbonyl (C=O) groups excluding carboxylic acids is 1. The highest BCUT2D eigenvalue weighted by Crippen LogP contribution is 2.38. The number of benzene rings is 2. The summed E-state index contributed by atoms with van der Waals surface area (Å²) in [6.45, 7) is 5.64. The van der Waals surface area contributed by atoms with Gasteiger partial charge in [0.05, 0.1) is 13.7 Å². The van der Waals surface area contributed by atoms with E-state index in [0.29, 0.717) is 24.6 Å². The third-order valence-corrected chi connectivity index (χ3v) is 6.27. The fraction of sp³-hybridized carbons (Fsp3) is 0.440. The number of amides is 1. The van der Waals surface area contributed by atoms with Crippen LogP contribution < -0.4 is 15.0 Å². The van der Waals surface area contributed by atoms with Crippen molar-refractivity contribution in [2.24, 2.45) is 4.99 Å². The fourth-order valence-electron chi connectivity index (χ4n) is 4.57. The van der Waals surface area contributed by atoms with Crippen molar-refractivity contribution in [3.05, 3.63) is 53.6 Å². The van der Waals surface area contributed by atoms with E-state index in [1.807, 2.05) is 11.0 Å². The maximum absolute atomic E-state index is 12.0. The first-order valence-electron chi connectivity index (χ1n) is 11.4. The van der Waals surface area contributed by atoms with Gasteiger partial charge in [0.15, 0.2) is 5.96 Å². The van der Waals surface area contributed by atoms with Crippen molar-refractivity contribution in [1.82, 2.24) is 10.2 Å². The standard InChI is InChI=1S/C25H32N4O3.HI/c1-3-26-25(27-16-19-15-20(32-2)10-11-23(19)30)29-17-18(21-7-4-5-8-22(21)29)12-14-28-13-6-9-24(28)31;/h4-5,7-8,10-11,15,18,30H,3,6,9,12-14,16-17H2,1-2H3,(H,26,27);1H. The maximum Gasteiger partial charge on any atom is 0.222 e. The first-order chi connectivity index (χ1) is 15.6. The number of guanidine groups is 1. The van der Waals surface area contributed by atoms with Gasteiger partial charge in [-0.1, -0.05) is 18.2 Å². The van der Waals surface area contributed by atoms with Gasteiger partial charge in [-0.2, -0.15) is 0 Å². The predicted octanol–water partition coefficient (Wildman–Crippen LogP) is 4.10. The molecule has 0 spiro atoms. The largest absolute Gasteiger partial charge is 0.508 e. The molecular formula is C25H33IN4O3. The number of fused-ring (bicyclic) bond motifs is 1. The van der Waals surface area contributed by atoms with E-state index < -0.39 is 0 Å². The smallest absolute Gasteiger partial charge is 0.222 e.